The zero-order valence-electron chi connectivity index (χ0n) is 18.3. The lowest BCUT2D eigenvalue weighted by Gasteiger charge is -2.15. The molecule has 1 heterocycles. The predicted octanol–water partition coefficient (Wildman–Crippen LogP) is 5.34. The molecule has 34 heavy (non-hydrogen) atoms. The highest BCUT2D eigenvalue weighted by atomic mass is 32.2. The summed E-state index contributed by atoms with van der Waals surface area (Å²) in [4.78, 5) is 26.6. The number of likely N-dealkylation sites (N-methyl/N-ethyl adjacent to an activating group) is 1. The molecule has 2 aromatic rings. The Morgan fingerprint density at radius 1 is 1.15 bits per heavy atom. The average molecular weight is 511 g/mol. The van der Waals surface area contributed by atoms with Crippen LogP contribution < -0.4 is 14.8 Å². The van der Waals surface area contributed by atoms with Crippen LogP contribution in [0, 0.1) is 0 Å². The van der Waals surface area contributed by atoms with Gasteiger partial charge in [0.2, 0.25) is 0 Å². The largest absolute Gasteiger partial charge is 0.490 e. The number of halogens is 3. The molecule has 0 bridgehead atoms. The monoisotopic (exact) mass is 510 g/mol. The molecule has 1 aliphatic heterocycles. The zero-order chi connectivity index (χ0) is 24.9. The first kappa shape index (κ1) is 25.6. The summed E-state index contributed by atoms with van der Waals surface area (Å²) < 4.78 is 50.9. The van der Waals surface area contributed by atoms with E-state index < -0.39 is 24.3 Å². The van der Waals surface area contributed by atoms with Crippen LogP contribution in [0.3, 0.4) is 0 Å². The number of nitrogens with zero attached hydrogens (tertiary/aromatic N) is 1. The number of hydrogen-bond acceptors (Lipinski definition) is 6. The van der Waals surface area contributed by atoms with Gasteiger partial charge in [-0.2, -0.15) is 13.2 Å². The van der Waals surface area contributed by atoms with Gasteiger partial charge >= 0.3 is 6.18 Å². The van der Waals surface area contributed by atoms with Crippen molar-refractivity contribution in [3.05, 3.63) is 58.5 Å². The Bertz CT molecular complexity index is 1140. The number of alkyl halides is 3. The van der Waals surface area contributed by atoms with Crippen LogP contribution in [0.25, 0.3) is 6.08 Å². The van der Waals surface area contributed by atoms with E-state index in [1.54, 1.807) is 31.2 Å². The van der Waals surface area contributed by atoms with Crippen molar-refractivity contribution < 1.29 is 32.2 Å². The molecular weight excluding hydrogens is 489 g/mol. The van der Waals surface area contributed by atoms with Gasteiger partial charge < -0.3 is 14.8 Å². The number of thioether (sulfide) groups is 1. The van der Waals surface area contributed by atoms with Gasteiger partial charge in [0.1, 0.15) is 4.32 Å². The lowest BCUT2D eigenvalue weighted by molar-refractivity contribution is -0.137. The molecule has 0 spiro atoms. The van der Waals surface area contributed by atoms with Gasteiger partial charge in [-0.1, -0.05) is 42.2 Å². The normalized spacial score (nSPS) is 15.1. The summed E-state index contributed by atoms with van der Waals surface area (Å²) in [6, 6.07) is 9.58. The van der Waals surface area contributed by atoms with E-state index in [0.717, 1.165) is 6.07 Å². The fraction of sp³-hybridized carbons (Fsp3) is 0.261. The standard InChI is InChI=1S/C23H21F3N2O4S2/c1-3-28-21(30)19(34-22(28)33)12-14-9-10-17(18(11-14)31-4-2)32-13-20(29)27-16-8-6-5-7-15(16)23(24,25)26/h5-12H,3-4,13H2,1-2H3,(H,27,29)/b19-12-. The Labute approximate surface area is 204 Å². The maximum atomic E-state index is 13.1. The van der Waals surface area contributed by atoms with E-state index in [1.807, 2.05) is 6.92 Å². The number of amides is 2. The van der Waals surface area contributed by atoms with Crippen LogP contribution in [0.15, 0.2) is 47.4 Å². The summed E-state index contributed by atoms with van der Waals surface area (Å²) in [6.07, 6.45) is -2.92. The molecule has 2 aromatic carbocycles. The molecule has 11 heteroatoms. The number of carbonyl (C=O) groups is 2. The number of hydrogen-bond donors (Lipinski definition) is 1. The molecule has 180 valence electrons. The van der Waals surface area contributed by atoms with Crippen molar-refractivity contribution in [2.45, 2.75) is 20.0 Å². The molecule has 1 fully saturated rings. The lowest BCUT2D eigenvalue weighted by Crippen LogP contribution is -2.27. The lowest BCUT2D eigenvalue weighted by atomic mass is 10.1. The minimum atomic E-state index is -4.60. The number of carbonyl (C=O) groups excluding carboxylic acids is 2. The van der Waals surface area contributed by atoms with Crippen molar-refractivity contribution in [3.63, 3.8) is 0 Å². The van der Waals surface area contributed by atoms with Gasteiger partial charge in [0.25, 0.3) is 11.8 Å². The predicted molar refractivity (Wildman–Crippen MR) is 129 cm³/mol. The number of thiocarbonyl (C=S) groups is 1. The van der Waals surface area contributed by atoms with Crippen molar-refractivity contribution in [3.8, 4) is 11.5 Å². The van der Waals surface area contributed by atoms with Crippen LogP contribution in [0.4, 0.5) is 18.9 Å². The summed E-state index contributed by atoms with van der Waals surface area (Å²) in [5, 5.41) is 2.23. The highest BCUT2D eigenvalue weighted by Crippen LogP contribution is 2.36. The maximum absolute atomic E-state index is 13.1. The summed E-state index contributed by atoms with van der Waals surface area (Å²) in [5.41, 5.74) is -0.638. The second kappa shape index (κ2) is 10.9. The van der Waals surface area contributed by atoms with E-state index in [2.05, 4.69) is 5.32 Å². The first-order chi connectivity index (χ1) is 16.1. The Morgan fingerprint density at radius 2 is 1.88 bits per heavy atom. The molecule has 6 nitrogen and oxygen atoms in total. The fourth-order valence-corrected chi connectivity index (χ4v) is 4.48. The summed E-state index contributed by atoms with van der Waals surface area (Å²) in [6.45, 7) is 3.87. The minimum Gasteiger partial charge on any atom is -0.490 e. The molecule has 0 aromatic heterocycles. The number of rotatable bonds is 8. The van der Waals surface area contributed by atoms with E-state index in [0.29, 0.717) is 33.7 Å². The number of benzene rings is 2. The molecular formula is C23H21F3N2O4S2. The number of ether oxygens (including phenoxy) is 2. The molecule has 0 unspecified atom stereocenters. The topological polar surface area (TPSA) is 67.9 Å². The maximum Gasteiger partial charge on any atom is 0.418 e. The molecule has 1 saturated heterocycles. The zero-order valence-corrected chi connectivity index (χ0v) is 19.9. The second-order valence-electron chi connectivity index (χ2n) is 6.95. The van der Waals surface area contributed by atoms with Gasteiger partial charge in [-0.05, 0) is 49.8 Å². The van der Waals surface area contributed by atoms with E-state index in [9.17, 15) is 22.8 Å². The van der Waals surface area contributed by atoms with Gasteiger partial charge in [0.05, 0.1) is 22.8 Å². The summed E-state index contributed by atoms with van der Waals surface area (Å²) >= 11 is 6.42. The van der Waals surface area contributed by atoms with Gasteiger partial charge in [0, 0.05) is 6.54 Å². The fourth-order valence-electron chi connectivity index (χ4n) is 3.09. The molecule has 3 rings (SSSR count). The van der Waals surface area contributed by atoms with Crippen molar-refractivity contribution in [2.75, 3.05) is 25.1 Å². The first-order valence-electron chi connectivity index (χ1n) is 10.2. The van der Waals surface area contributed by atoms with Crippen molar-refractivity contribution >= 4 is 51.9 Å². The Morgan fingerprint density at radius 3 is 2.53 bits per heavy atom. The first-order valence-corrected chi connectivity index (χ1v) is 11.5. The van der Waals surface area contributed by atoms with Gasteiger partial charge in [-0.15, -0.1) is 0 Å². The molecule has 0 saturated carbocycles. The van der Waals surface area contributed by atoms with Crippen molar-refractivity contribution in [1.82, 2.24) is 4.90 Å². The minimum absolute atomic E-state index is 0.174. The number of nitrogens with one attached hydrogen (secondary N) is 1. The van der Waals surface area contributed by atoms with E-state index in [4.69, 9.17) is 21.7 Å². The number of anilines is 1. The highest BCUT2D eigenvalue weighted by molar-refractivity contribution is 8.26. The van der Waals surface area contributed by atoms with Crippen LogP contribution >= 0.6 is 24.0 Å². The Kier molecular flexibility index (Phi) is 8.21. The molecule has 1 N–H and O–H groups in total. The van der Waals surface area contributed by atoms with E-state index in [1.165, 1.54) is 34.9 Å². The van der Waals surface area contributed by atoms with Crippen LogP contribution in [-0.2, 0) is 15.8 Å². The summed E-state index contributed by atoms with van der Waals surface area (Å²) in [5.74, 6) is -0.372. The van der Waals surface area contributed by atoms with Crippen LogP contribution in [-0.4, -0.2) is 40.8 Å². The Balaban J connectivity index is 1.72. The van der Waals surface area contributed by atoms with Crippen molar-refractivity contribution in [2.24, 2.45) is 0 Å². The van der Waals surface area contributed by atoms with E-state index >= 15 is 0 Å². The third kappa shape index (κ3) is 6.09. The molecule has 1 aliphatic rings. The average Bonchev–Trinajstić information content (AvgIpc) is 3.05. The van der Waals surface area contributed by atoms with Crippen LogP contribution in [0.2, 0.25) is 0 Å². The van der Waals surface area contributed by atoms with Crippen LogP contribution in [0.1, 0.15) is 25.0 Å². The molecule has 0 radical (unpaired) electrons. The van der Waals surface area contributed by atoms with Crippen LogP contribution in [0.5, 0.6) is 11.5 Å². The van der Waals surface area contributed by atoms with Gasteiger partial charge in [0.15, 0.2) is 18.1 Å². The second-order valence-corrected chi connectivity index (χ2v) is 8.62. The van der Waals surface area contributed by atoms with E-state index in [-0.39, 0.29) is 17.3 Å². The van der Waals surface area contributed by atoms with Gasteiger partial charge in [-0.3, -0.25) is 14.5 Å². The molecule has 2 amide bonds. The third-order valence-corrected chi connectivity index (χ3v) is 6.00. The third-order valence-electron chi connectivity index (χ3n) is 4.62. The molecule has 0 atom stereocenters. The molecule has 0 aliphatic carbocycles. The van der Waals surface area contributed by atoms with Crippen molar-refractivity contribution in [1.29, 1.82) is 0 Å². The van der Waals surface area contributed by atoms with Gasteiger partial charge in [-0.25, -0.2) is 0 Å². The Hall–Kier alpha value is -3.05. The SMILES string of the molecule is CCOc1cc(/C=C2\SC(=S)N(CC)C2=O)ccc1OCC(=O)Nc1ccccc1C(F)(F)F. The number of para-hydroxylation sites is 1. The summed E-state index contributed by atoms with van der Waals surface area (Å²) in [7, 11) is 0. The smallest absolute Gasteiger partial charge is 0.418 e. The quantitative estimate of drug-likeness (QED) is 0.382. The highest BCUT2D eigenvalue weighted by Gasteiger charge is 2.33.